The van der Waals surface area contributed by atoms with Gasteiger partial charge < -0.3 is 16.2 Å². The minimum atomic E-state index is -5.08. The number of carbonyl (C=O) groups is 2. The lowest BCUT2D eigenvalue weighted by atomic mass is 10.0. The third-order valence-corrected chi connectivity index (χ3v) is 5.60. The molecule has 0 aromatic carbocycles. The van der Waals surface area contributed by atoms with Crippen molar-refractivity contribution in [3.63, 3.8) is 0 Å². The SMILES string of the molecule is CC(NC(=O)c1c(N)nn2cccnc12)c1cc(Cl)c2ccnn2c1-c1cccnc1.O=C(O)C(F)(F)F. The van der Waals surface area contributed by atoms with Gasteiger partial charge in [-0.25, -0.2) is 18.8 Å². The molecule has 1 atom stereocenters. The number of alkyl halides is 3. The van der Waals surface area contributed by atoms with E-state index in [1.165, 1.54) is 4.52 Å². The van der Waals surface area contributed by atoms with E-state index < -0.39 is 18.2 Å². The molecular formula is C23H18ClF3N8O3. The molecule has 0 aliphatic heterocycles. The summed E-state index contributed by atoms with van der Waals surface area (Å²) < 4.78 is 35.0. The first-order valence-corrected chi connectivity index (χ1v) is 11.1. The third-order valence-electron chi connectivity index (χ3n) is 5.30. The molecule has 4 N–H and O–H groups in total. The molecule has 196 valence electrons. The van der Waals surface area contributed by atoms with E-state index in [-0.39, 0.29) is 17.3 Å². The molecule has 0 aliphatic rings. The highest BCUT2D eigenvalue weighted by Gasteiger charge is 2.38. The van der Waals surface area contributed by atoms with E-state index in [2.05, 4.69) is 25.5 Å². The fourth-order valence-electron chi connectivity index (χ4n) is 3.65. The monoisotopic (exact) mass is 546 g/mol. The van der Waals surface area contributed by atoms with Crippen molar-refractivity contribution < 1.29 is 27.9 Å². The molecule has 0 saturated carbocycles. The Hall–Kier alpha value is -4.72. The minimum Gasteiger partial charge on any atom is -0.475 e. The van der Waals surface area contributed by atoms with Gasteiger partial charge in [-0.2, -0.15) is 18.3 Å². The Kier molecular flexibility index (Phi) is 7.17. The van der Waals surface area contributed by atoms with Crippen molar-refractivity contribution in [2.45, 2.75) is 19.1 Å². The highest BCUT2D eigenvalue weighted by atomic mass is 35.5. The summed E-state index contributed by atoms with van der Waals surface area (Å²) in [4.78, 5) is 30.5. The van der Waals surface area contributed by atoms with Gasteiger partial charge in [-0.1, -0.05) is 11.6 Å². The van der Waals surface area contributed by atoms with Crippen LogP contribution >= 0.6 is 11.6 Å². The molecule has 11 nitrogen and oxygen atoms in total. The van der Waals surface area contributed by atoms with Crippen molar-refractivity contribution in [2.24, 2.45) is 0 Å². The molecule has 0 spiro atoms. The van der Waals surface area contributed by atoms with Crippen molar-refractivity contribution in [2.75, 3.05) is 5.73 Å². The molecule has 5 heterocycles. The van der Waals surface area contributed by atoms with Gasteiger partial charge in [0.05, 0.1) is 28.5 Å². The molecule has 38 heavy (non-hydrogen) atoms. The highest BCUT2D eigenvalue weighted by molar-refractivity contribution is 6.34. The molecule has 5 rings (SSSR count). The highest BCUT2D eigenvalue weighted by Crippen LogP contribution is 2.33. The van der Waals surface area contributed by atoms with Crippen LogP contribution in [0.15, 0.2) is 61.3 Å². The first kappa shape index (κ1) is 26.3. The molecule has 5 aromatic rings. The van der Waals surface area contributed by atoms with E-state index in [0.29, 0.717) is 10.7 Å². The lowest BCUT2D eigenvalue weighted by Crippen LogP contribution is -2.28. The number of pyridine rings is 2. The summed E-state index contributed by atoms with van der Waals surface area (Å²) in [5.41, 5.74) is 9.79. The van der Waals surface area contributed by atoms with E-state index in [0.717, 1.165) is 22.3 Å². The van der Waals surface area contributed by atoms with Crippen LogP contribution in [0.4, 0.5) is 19.0 Å². The second-order valence-corrected chi connectivity index (χ2v) is 8.22. The maximum absolute atomic E-state index is 13.1. The van der Waals surface area contributed by atoms with Crippen LogP contribution < -0.4 is 11.1 Å². The fraction of sp³-hybridized carbons (Fsp3) is 0.130. The number of nitrogens with one attached hydrogen (secondary N) is 1. The Morgan fingerprint density at radius 3 is 2.58 bits per heavy atom. The number of aromatic nitrogens is 6. The fourth-order valence-corrected chi connectivity index (χ4v) is 3.91. The molecule has 0 bridgehead atoms. The number of carboxylic acid groups (broad SMARTS) is 1. The molecular weight excluding hydrogens is 529 g/mol. The zero-order valence-electron chi connectivity index (χ0n) is 19.4. The number of halogens is 4. The molecule has 0 saturated heterocycles. The standard InChI is InChI=1S/C21H17ClN8O.C2HF3O2/c1-12(27-21(31)17-19(23)28-29-9-3-7-25-20(17)29)14-10-15(22)16-5-8-26-30(16)18(14)13-4-2-6-24-11-13;3-2(4,5)1(6)7/h2-12H,1H3,(H2,23,28)(H,27,31);(H,6,7). The number of nitrogens with zero attached hydrogens (tertiary/aromatic N) is 6. The Morgan fingerprint density at radius 1 is 1.18 bits per heavy atom. The van der Waals surface area contributed by atoms with Gasteiger partial charge in [-0.3, -0.25) is 9.78 Å². The number of amides is 1. The lowest BCUT2D eigenvalue weighted by Gasteiger charge is -2.20. The quantitative estimate of drug-likeness (QED) is 0.308. The van der Waals surface area contributed by atoms with Gasteiger partial charge in [-0.15, -0.1) is 5.10 Å². The predicted molar refractivity (Wildman–Crippen MR) is 130 cm³/mol. The largest absolute Gasteiger partial charge is 0.490 e. The Bertz CT molecular complexity index is 1640. The van der Waals surface area contributed by atoms with Crippen molar-refractivity contribution in [3.05, 3.63) is 77.5 Å². The Morgan fingerprint density at radius 2 is 1.92 bits per heavy atom. The van der Waals surface area contributed by atoms with Crippen LogP contribution in [-0.2, 0) is 4.79 Å². The minimum absolute atomic E-state index is 0.108. The molecule has 1 amide bonds. The number of nitrogens with two attached hydrogens (primary N) is 1. The van der Waals surface area contributed by atoms with E-state index in [9.17, 15) is 18.0 Å². The van der Waals surface area contributed by atoms with Gasteiger partial charge in [0.1, 0.15) is 5.56 Å². The van der Waals surface area contributed by atoms with E-state index in [1.807, 2.05) is 31.2 Å². The topological polar surface area (TPSA) is 153 Å². The normalized spacial score (nSPS) is 12.1. The number of carbonyl (C=O) groups excluding carboxylic acids is 1. The van der Waals surface area contributed by atoms with Crippen LogP contribution in [0.1, 0.15) is 28.9 Å². The van der Waals surface area contributed by atoms with Crippen LogP contribution in [0.3, 0.4) is 0 Å². The number of fused-ring (bicyclic) bond motifs is 2. The number of nitrogen functional groups attached to an aromatic ring is 1. The zero-order chi connectivity index (χ0) is 27.6. The van der Waals surface area contributed by atoms with E-state index in [4.69, 9.17) is 27.2 Å². The third kappa shape index (κ3) is 5.20. The number of hydrogen-bond donors (Lipinski definition) is 3. The van der Waals surface area contributed by atoms with Gasteiger partial charge in [0.2, 0.25) is 0 Å². The average Bonchev–Trinajstić information content (AvgIpc) is 3.48. The van der Waals surface area contributed by atoms with Crippen LogP contribution in [-0.4, -0.2) is 52.4 Å². The molecule has 1 unspecified atom stereocenters. The maximum atomic E-state index is 13.1. The molecule has 0 fully saturated rings. The maximum Gasteiger partial charge on any atom is 0.490 e. The molecule has 0 radical (unpaired) electrons. The number of hydrogen-bond acceptors (Lipinski definition) is 7. The van der Waals surface area contributed by atoms with Crippen molar-refractivity contribution in [1.29, 1.82) is 0 Å². The Balaban J connectivity index is 0.000000426. The van der Waals surface area contributed by atoms with Crippen LogP contribution in [0.25, 0.3) is 22.4 Å². The summed E-state index contributed by atoms with van der Waals surface area (Å²) in [5, 5.41) is 19.2. The summed E-state index contributed by atoms with van der Waals surface area (Å²) in [7, 11) is 0. The summed E-state index contributed by atoms with van der Waals surface area (Å²) >= 11 is 6.51. The lowest BCUT2D eigenvalue weighted by molar-refractivity contribution is -0.192. The summed E-state index contributed by atoms with van der Waals surface area (Å²) in [6.07, 6.45) is 3.31. The van der Waals surface area contributed by atoms with Crippen LogP contribution in [0.2, 0.25) is 5.02 Å². The summed E-state index contributed by atoms with van der Waals surface area (Å²) in [6.45, 7) is 1.87. The smallest absolute Gasteiger partial charge is 0.475 e. The molecule has 0 aliphatic carbocycles. The number of carboxylic acids is 1. The van der Waals surface area contributed by atoms with Gasteiger partial charge >= 0.3 is 12.1 Å². The van der Waals surface area contributed by atoms with Crippen molar-refractivity contribution in [1.82, 2.24) is 34.5 Å². The summed E-state index contributed by atoms with van der Waals surface area (Å²) in [5.74, 6) is -3.03. The van der Waals surface area contributed by atoms with Gasteiger partial charge in [0.15, 0.2) is 11.5 Å². The van der Waals surface area contributed by atoms with Crippen LogP contribution in [0.5, 0.6) is 0 Å². The van der Waals surface area contributed by atoms with Gasteiger partial charge in [0.25, 0.3) is 5.91 Å². The van der Waals surface area contributed by atoms with Crippen LogP contribution in [0, 0.1) is 0 Å². The predicted octanol–water partition coefficient (Wildman–Crippen LogP) is 3.80. The van der Waals surface area contributed by atoms with Gasteiger partial charge in [-0.05, 0) is 37.3 Å². The molecule has 15 heteroatoms. The van der Waals surface area contributed by atoms with E-state index >= 15 is 0 Å². The second kappa shape index (κ2) is 10.3. The van der Waals surface area contributed by atoms with E-state index in [1.54, 1.807) is 41.6 Å². The first-order chi connectivity index (χ1) is 18.0. The van der Waals surface area contributed by atoms with Gasteiger partial charge in [0, 0.05) is 35.9 Å². The zero-order valence-corrected chi connectivity index (χ0v) is 20.1. The van der Waals surface area contributed by atoms with Crippen molar-refractivity contribution >= 4 is 40.5 Å². The average molecular weight is 547 g/mol. The number of anilines is 1. The first-order valence-electron chi connectivity index (χ1n) is 10.8. The number of aliphatic carboxylic acids is 1. The molecule has 5 aromatic heterocycles. The Labute approximate surface area is 216 Å². The van der Waals surface area contributed by atoms with Crippen molar-refractivity contribution in [3.8, 4) is 11.3 Å². The number of rotatable bonds is 4. The summed E-state index contributed by atoms with van der Waals surface area (Å²) in [6, 6.07) is 8.74. The second-order valence-electron chi connectivity index (χ2n) is 7.81.